The Morgan fingerprint density at radius 3 is 2.92 bits per heavy atom. The highest BCUT2D eigenvalue weighted by Crippen LogP contribution is 2.11. The summed E-state index contributed by atoms with van der Waals surface area (Å²) >= 11 is 5.73. The fraction of sp³-hybridized carbons (Fsp3) is 0.300. The lowest BCUT2D eigenvalue weighted by atomic mass is 10.1. The van der Waals surface area contributed by atoms with E-state index in [4.69, 9.17) is 16.3 Å². The van der Waals surface area contributed by atoms with E-state index >= 15 is 0 Å². The van der Waals surface area contributed by atoms with Gasteiger partial charge in [-0.15, -0.1) is 0 Å². The van der Waals surface area contributed by atoms with Gasteiger partial charge in [-0.1, -0.05) is 23.7 Å². The summed E-state index contributed by atoms with van der Waals surface area (Å²) in [5.41, 5.74) is 0.598. The molecule has 0 aliphatic carbocycles. The van der Waals surface area contributed by atoms with Crippen molar-refractivity contribution in [3.05, 3.63) is 34.9 Å². The Bertz CT molecular complexity index is 297. The summed E-state index contributed by atoms with van der Waals surface area (Å²) < 4.78 is 5.00. The molecule has 70 valence electrons. The molecule has 0 radical (unpaired) electrons. The largest absolute Gasteiger partial charge is 0.374 e. The van der Waals surface area contributed by atoms with E-state index in [1.807, 2.05) is 6.92 Å². The minimum atomic E-state index is -0.0376. The first-order valence-corrected chi connectivity index (χ1v) is 4.48. The molecular weight excluding hydrogens is 188 g/mol. The smallest absolute Gasteiger partial charge is 0.188 e. The maximum absolute atomic E-state index is 11.4. The molecule has 3 heteroatoms. The topological polar surface area (TPSA) is 26.3 Å². The van der Waals surface area contributed by atoms with Crippen LogP contribution >= 0.6 is 11.6 Å². The summed E-state index contributed by atoms with van der Waals surface area (Å²) in [5.74, 6) is -0.0376. The molecule has 0 amide bonds. The number of carbonyl (C=O) groups is 1. The van der Waals surface area contributed by atoms with Crippen LogP contribution in [0.25, 0.3) is 0 Å². The molecule has 1 aromatic carbocycles. The Morgan fingerprint density at radius 1 is 1.54 bits per heavy atom. The summed E-state index contributed by atoms with van der Waals surface area (Å²) in [4.78, 5) is 11.4. The molecule has 0 aliphatic rings. The first-order valence-electron chi connectivity index (χ1n) is 4.10. The van der Waals surface area contributed by atoms with Crippen molar-refractivity contribution >= 4 is 17.4 Å². The van der Waals surface area contributed by atoms with E-state index < -0.39 is 0 Å². The lowest BCUT2D eigenvalue weighted by molar-refractivity contribution is 0.0783. The number of carbonyl (C=O) groups excluding carboxylic acids is 1. The number of ether oxygens (including phenoxy) is 1. The molecule has 0 bridgehead atoms. The molecule has 2 nitrogen and oxygen atoms in total. The van der Waals surface area contributed by atoms with Crippen LogP contribution in [0.5, 0.6) is 0 Å². The van der Waals surface area contributed by atoms with E-state index in [2.05, 4.69) is 0 Å². The Labute approximate surface area is 82.5 Å². The molecule has 0 saturated heterocycles. The zero-order valence-electron chi connectivity index (χ0n) is 7.42. The van der Waals surface area contributed by atoms with Crippen LogP contribution in [0.3, 0.4) is 0 Å². The van der Waals surface area contributed by atoms with Crippen molar-refractivity contribution in [3.63, 3.8) is 0 Å². The Morgan fingerprint density at radius 2 is 2.31 bits per heavy atom. The van der Waals surface area contributed by atoms with Crippen molar-refractivity contribution in [2.24, 2.45) is 0 Å². The van der Waals surface area contributed by atoms with Crippen molar-refractivity contribution in [1.29, 1.82) is 0 Å². The van der Waals surface area contributed by atoms with Crippen molar-refractivity contribution in [3.8, 4) is 0 Å². The Kier molecular flexibility index (Phi) is 3.93. The molecule has 0 unspecified atom stereocenters. The Hall–Kier alpha value is -0.860. The normalized spacial score (nSPS) is 10.0. The molecule has 0 aliphatic heterocycles. The highest BCUT2D eigenvalue weighted by atomic mass is 35.5. The van der Waals surface area contributed by atoms with E-state index in [0.717, 1.165) is 0 Å². The van der Waals surface area contributed by atoms with Crippen molar-refractivity contribution in [2.45, 2.75) is 6.92 Å². The highest BCUT2D eigenvalue weighted by molar-refractivity contribution is 6.31. The maximum atomic E-state index is 11.4. The standard InChI is InChI=1S/C10H11ClO2/c1-2-13-7-10(12)8-4-3-5-9(11)6-8/h3-6H,2,7H2,1H3. The molecule has 1 aromatic rings. The summed E-state index contributed by atoms with van der Waals surface area (Å²) in [6, 6.07) is 6.86. The first-order chi connectivity index (χ1) is 6.24. The van der Waals surface area contributed by atoms with Crippen LogP contribution < -0.4 is 0 Å². The van der Waals surface area contributed by atoms with Gasteiger partial charge in [0.25, 0.3) is 0 Å². The van der Waals surface area contributed by atoms with E-state index in [0.29, 0.717) is 17.2 Å². The third kappa shape index (κ3) is 3.17. The number of hydrogen-bond acceptors (Lipinski definition) is 2. The third-order valence-corrected chi connectivity index (χ3v) is 1.82. The van der Waals surface area contributed by atoms with Gasteiger partial charge in [0.1, 0.15) is 6.61 Å². The van der Waals surface area contributed by atoms with Gasteiger partial charge >= 0.3 is 0 Å². The molecule has 0 aromatic heterocycles. The van der Waals surface area contributed by atoms with E-state index in [1.165, 1.54) is 0 Å². The van der Waals surface area contributed by atoms with Gasteiger partial charge in [0, 0.05) is 17.2 Å². The Balaban J connectivity index is 2.66. The zero-order valence-corrected chi connectivity index (χ0v) is 8.17. The minimum absolute atomic E-state index is 0.0376. The average molecular weight is 199 g/mol. The molecule has 0 spiro atoms. The van der Waals surface area contributed by atoms with Gasteiger partial charge in [-0.05, 0) is 19.1 Å². The van der Waals surface area contributed by atoms with Crippen molar-refractivity contribution in [1.82, 2.24) is 0 Å². The second-order valence-corrected chi connectivity index (χ2v) is 3.01. The molecule has 0 fully saturated rings. The second kappa shape index (κ2) is 5.00. The van der Waals surface area contributed by atoms with E-state index in [-0.39, 0.29) is 12.4 Å². The fourth-order valence-electron chi connectivity index (χ4n) is 0.940. The predicted molar refractivity (Wildman–Crippen MR) is 52.3 cm³/mol. The second-order valence-electron chi connectivity index (χ2n) is 2.57. The van der Waals surface area contributed by atoms with Crippen LogP contribution in [0.1, 0.15) is 17.3 Å². The van der Waals surface area contributed by atoms with Gasteiger partial charge in [0.05, 0.1) is 0 Å². The third-order valence-electron chi connectivity index (χ3n) is 1.58. The molecule has 0 heterocycles. The summed E-state index contributed by atoms with van der Waals surface area (Å²) in [7, 11) is 0. The van der Waals surface area contributed by atoms with Crippen LogP contribution in [-0.2, 0) is 4.74 Å². The number of halogens is 1. The van der Waals surface area contributed by atoms with Crippen LogP contribution in [0.2, 0.25) is 5.02 Å². The van der Waals surface area contributed by atoms with Gasteiger partial charge in [-0.2, -0.15) is 0 Å². The average Bonchev–Trinajstić information content (AvgIpc) is 2.14. The SMILES string of the molecule is CCOCC(=O)c1cccc(Cl)c1. The van der Waals surface area contributed by atoms with Gasteiger partial charge in [-0.25, -0.2) is 0 Å². The maximum Gasteiger partial charge on any atom is 0.188 e. The number of benzene rings is 1. The summed E-state index contributed by atoms with van der Waals surface area (Å²) in [5, 5.41) is 0.572. The lowest BCUT2D eigenvalue weighted by Gasteiger charge is -2.00. The fourth-order valence-corrected chi connectivity index (χ4v) is 1.13. The van der Waals surface area contributed by atoms with Crippen molar-refractivity contribution < 1.29 is 9.53 Å². The molecular formula is C10H11ClO2. The van der Waals surface area contributed by atoms with E-state index in [9.17, 15) is 4.79 Å². The molecule has 0 N–H and O–H groups in total. The van der Waals surface area contributed by atoms with Gasteiger partial charge < -0.3 is 4.74 Å². The highest BCUT2D eigenvalue weighted by Gasteiger charge is 2.04. The zero-order chi connectivity index (χ0) is 9.68. The van der Waals surface area contributed by atoms with Crippen LogP contribution in [0.15, 0.2) is 24.3 Å². The molecule has 0 saturated carbocycles. The van der Waals surface area contributed by atoms with Crippen LogP contribution in [0.4, 0.5) is 0 Å². The number of hydrogen-bond donors (Lipinski definition) is 0. The quantitative estimate of drug-likeness (QED) is 0.696. The molecule has 13 heavy (non-hydrogen) atoms. The predicted octanol–water partition coefficient (Wildman–Crippen LogP) is 2.56. The summed E-state index contributed by atoms with van der Waals surface area (Å²) in [6.45, 7) is 2.52. The molecule has 0 atom stereocenters. The number of rotatable bonds is 4. The van der Waals surface area contributed by atoms with Gasteiger partial charge in [0.15, 0.2) is 5.78 Å². The van der Waals surface area contributed by atoms with Gasteiger partial charge in [-0.3, -0.25) is 4.79 Å². The monoisotopic (exact) mass is 198 g/mol. The van der Waals surface area contributed by atoms with Crippen LogP contribution in [-0.4, -0.2) is 19.0 Å². The number of Topliss-reactive ketones (excluding diaryl/α,β-unsaturated/α-hetero) is 1. The lowest BCUT2D eigenvalue weighted by Crippen LogP contribution is -2.08. The first kappa shape index (κ1) is 10.2. The number of ketones is 1. The summed E-state index contributed by atoms with van der Waals surface area (Å²) in [6.07, 6.45) is 0. The molecule has 1 rings (SSSR count). The van der Waals surface area contributed by atoms with Crippen LogP contribution in [0, 0.1) is 0 Å². The minimum Gasteiger partial charge on any atom is -0.374 e. The van der Waals surface area contributed by atoms with E-state index in [1.54, 1.807) is 24.3 Å². The van der Waals surface area contributed by atoms with Crippen molar-refractivity contribution in [2.75, 3.05) is 13.2 Å². The van der Waals surface area contributed by atoms with Gasteiger partial charge in [0.2, 0.25) is 0 Å².